The second kappa shape index (κ2) is 8.33. The zero-order chi connectivity index (χ0) is 23.3. The van der Waals surface area contributed by atoms with Gasteiger partial charge < -0.3 is 14.2 Å². The summed E-state index contributed by atoms with van der Waals surface area (Å²) in [6, 6.07) is 9.91. The van der Waals surface area contributed by atoms with Crippen molar-refractivity contribution in [3.05, 3.63) is 59.2 Å². The van der Waals surface area contributed by atoms with Crippen LogP contribution in [0.25, 0.3) is 0 Å². The lowest BCUT2D eigenvalue weighted by molar-refractivity contribution is -0.138. The average Bonchev–Trinajstić information content (AvgIpc) is 3.66. The van der Waals surface area contributed by atoms with Crippen LogP contribution in [0.3, 0.4) is 0 Å². The quantitative estimate of drug-likeness (QED) is 0.420. The lowest BCUT2D eigenvalue weighted by Crippen LogP contribution is -2.49. The van der Waals surface area contributed by atoms with Gasteiger partial charge in [-0.2, -0.15) is 0 Å². The molecule has 2 saturated carbocycles. The van der Waals surface area contributed by atoms with Gasteiger partial charge in [-0.15, -0.1) is 0 Å². The molecule has 0 amide bonds. The maximum atomic E-state index is 13.8. The summed E-state index contributed by atoms with van der Waals surface area (Å²) in [6.07, 6.45) is 10.7. The van der Waals surface area contributed by atoms with E-state index in [1.165, 1.54) is 18.6 Å². The second-order valence-corrected chi connectivity index (χ2v) is 10.3. The highest BCUT2D eigenvalue weighted by molar-refractivity contribution is 5.91. The number of fused-ring (bicyclic) bond motifs is 5. The minimum atomic E-state index is -0.729. The third-order valence-corrected chi connectivity index (χ3v) is 8.19. The summed E-state index contributed by atoms with van der Waals surface area (Å²) in [4.78, 5) is 12.2. The molecular weight excluding hydrogens is 438 g/mol. The van der Waals surface area contributed by atoms with Gasteiger partial charge in [0.05, 0.1) is 0 Å². The highest BCUT2D eigenvalue weighted by Gasteiger charge is 2.61. The topological polar surface area (TPSA) is 48.1 Å². The maximum absolute atomic E-state index is 13.8. The van der Waals surface area contributed by atoms with E-state index < -0.39 is 5.60 Å². The molecule has 0 N–H and O–H groups in total. The average molecular weight is 469 g/mol. The van der Waals surface area contributed by atoms with Gasteiger partial charge in [-0.25, -0.2) is 8.78 Å². The van der Waals surface area contributed by atoms with Gasteiger partial charge in [0.2, 0.25) is 0 Å². The van der Waals surface area contributed by atoms with Crippen molar-refractivity contribution in [2.45, 2.75) is 94.0 Å². The number of rotatable bonds is 0. The Bertz CT molecular complexity index is 1100. The molecule has 2 unspecified atom stereocenters. The van der Waals surface area contributed by atoms with Crippen molar-refractivity contribution in [3.8, 4) is 11.5 Å². The second-order valence-electron chi connectivity index (χ2n) is 10.3. The van der Waals surface area contributed by atoms with E-state index in [-0.39, 0.29) is 35.2 Å². The molecule has 7 rings (SSSR count). The lowest BCUT2D eigenvalue weighted by atomic mass is 9.78. The fourth-order valence-electron chi connectivity index (χ4n) is 6.30. The summed E-state index contributed by atoms with van der Waals surface area (Å²) < 4.78 is 45.1. The third-order valence-electron chi connectivity index (χ3n) is 8.19. The molecular formula is C28H30F2O4. The summed E-state index contributed by atoms with van der Waals surface area (Å²) in [5.41, 5.74) is 0.614. The van der Waals surface area contributed by atoms with E-state index in [1.807, 2.05) is 6.07 Å². The summed E-state index contributed by atoms with van der Waals surface area (Å²) in [5.74, 6) is 0.263. The third kappa shape index (κ3) is 3.62. The molecule has 5 aliphatic rings. The van der Waals surface area contributed by atoms with Crippen LogP contribution in [-0.4, -0.2) is 23.1 Å². The first-order chi connectivity index (χ1) is 16.5. The molecule has 2 atom stereocenters. The van der Waals surface area contributed by atoms with Crippen LogP contribution >= 0.6 is 0 Å². The van der Waals surface area contributed by atoms with Crippen LogP contribution in [0.15, 0.2) is 36.4 Å². The number of ketones is 1. The summed E-state index contributed by atoms with van der Waals surface area (Å²) in [6.45, 7) is 0. The Morgan fingerprint density at radius 1 is 0.765 bits per heavy atom. The van der Waals surface area contributed by atoms with Crippen LogP contribution in [0, 0.1) is 11.6 Å². The molecule has 2 spiro atoms. The first kappa shape index (κ1) is 22.0. The van der Waals surface area contributed by atoms with Gasteiger partial charge in [-0.3, -0.25) is 4.79 Å². The molecule has 3 heterocycles. The van der Waals surface area contributed by atoms with Gasteiger partial charge in [-0.05, 0) is 63.5 Å². The van der Waals surface area contributed by atoms with Crippen molar-refractivity contribution in [2.24, 2.45) is 0 Å². The molecule has 3 aliphatic heterocycles. The van der Waals surface area contributed by atoms with Gasteiger partial charge in [0.15, 0.2) is 34.5 Å². The lowest BCUT2D eigenvalue weighted by Gasteiger charge is -2.39. The Morgan fingerprint density at radius 2 is 1.41 bits per heavy atom. The molecule has 2 aromatic carbocycles. The molecule has 0 aromatic heterocycles. The predicted octanol–water partition coefficient (Wildman–Crippen LogP) is 6.39. The zero-order valence-electron chi connectivity index (χ0n) is 19.3. The summed E-state index contributed by atoms with van der Waals surface area (Å²) in [5, 5.41) is 0. The Labute approximate surface area is 198 Å². The molecule has 1 saturated heterocycles. The maximum Gasteiger partial charge on any atom is 0.180 e. The van der Waals surface area contributed by atoms with E-state index >= 15 is 0 Å². The molecule has 180 valence electrons. The van der Waals surface area contributed by atoms with E-state index in [4.69, 9.17) is 14.2 Å². The minimum absolute atomic E-state index is 0.0764. The number of Topliss-reactive ketones (excluding diaryl/α,β-unsaturated/α-hetero) is 1. The minimum Gasteiger partial charge on any atom is -0.481 e. The number of hydrogen-bond donors (Lipinski definition) is 0. The van der Waals surface area contributed by atoms with Crippen molar-refractivity contribution in [1.29, 1.82) is 0 Å². The number of para-hydroxylation sites is 2. The largest absolute Gasteiger partial charge is 0.481 e. The van der Waals surface area contributed by atoms with Crippen molar-refractivity contribution in [2.75, 3.05) is 0 Å². The number of carbonyl (C=O) groups is 1. The Balaban J connectivity index is 0.000000128. The molecule has 0 radical (unpaired) electrons. The van der Waals surface area contributed by atoms with Crippen LogP contribution in [0.1, 0.15) is 81.4 Å². The number of benzene rings is 2. The molecule has 2 aromatic rings. The number of epoxide rings is 1. The Hall–Kier alpha value is -2.47. The monoisotopic (exact) mass is 468 g/mol. The van der Waals surface area contributed by atoms with E-state index in [1.54, 1.807) is 18.2 Å². The van der Waals surface area contributed by atoms with Gasteiger partial charge in [0.1, 0.15) is 17.8 Å². The first-order valence-electron chi connectivity index (χ1n) is 12.6. The fraction of sp³-hybridized carbons (Fsp3) is 0.536. The highest BCUT2D eigenvalue weighted by atomic mass is 19.1. The summed E-state index contributed by atoms with van der Waals surface area (Å²) >= 11 is 0. The van der Waals surface area contributed by atoms with Gasteiger partial charge >= 0.3 is 0 Å². The summed E-state index contributed by atoms with van der Waals surface area (Å²) in [7, 11) is 0. The van der Waals surface area contributed by atoms with Gasteiger partial charge in [0.25, 0.3) is 0 Å². The van der Waals surface area contributed by atoms with Crippen LogP contribution < -0.4 is 9.47 Å². The Kier molecular flexibility index (Phi) is 5.40. The number of ether oxygens (including phenoxy) is 3. The predicted molar refractivity (Wildman–Crippen MR) is 122 cm³/mol. The molecule has 0 bridgehead atoms. The van der Waals surface area contributed by atoms with E-state index in [0.717, 1.165) is 63.4 Å². The van der Waals surface area contributed by atoms with Gasteiger partial charge in [-0.1, -0.05) is 37.1 Å². The Morgan fingerprint density at radius 3 is 2.15 bits per heavy atom. The van der Waals surface area contributed by atoms with Crippen LogP contribution in [-0.2, 0) is 16.0 Å². The van der Waals surface area contributed by atoms with Crippen molar-refractivity contribution in [3.63, 3.8) is 0 Å². The van der Waals surface area contributed by atoms with Crippen molar-refractivity contribution < 1.29 is 27.8 Å². The van der Waals surface area contributed by atoms with Crippen LogP contribution in [0.4, 0.5) is 8.78 Å². The van der Waals surface area contributed by atoms with Crippen molar-refractivity contribution >= 4 is 5.78 Å². The number of hydrogen-bond acceptors (Lipinski definition) is 4. The van der Waals surface area contributed by atoms with Crippen LogP contribution in [0.2, 0.25) is 0 Å². The highest BCUT2D eigenvalue weighted by Crippen LogP contribution is 2.58. The number of carbonyl (C=O) groups excluding carboxylic acids is 1. The van der Waals surface area contributed by atoms with Gasteiger partial charge in [0, 0.05) is 17.5 Å². The molecule has 34 heavy (non-hydrogen) atoms. The van der Waals surface area contributed by atoms with Crippen LogP contribution in [0.5, 0.6) is 11.5 Å². The number of halogens is 2. The van der Waals surface area contributed by atoms with E-state index in [0.29, 0.717) is 23.5 Å². The van der Waals surface area contributed by atoms with Crippen molar-refractivity contribution in [1.82, 2.24) is 0 Å². The SMILES string of the molecule is Fc1cccc2c1OC1(CCCCC1)C1OC21.O=C1Cc2cccc(F)c2OC12CCCCC2. The van der Waals surface area contributed by atoms with E-state index in [2.05, 4.69) is 0 Å². The molecule has 3 fully saturated rings. The molecule has 6 heteroatoms. The zero-order valence-corrected chi connectivity index (χ0v) is 19.3. The molecule has 2 aliphatic carbocycles. The fourth-order valence-corrected chi connectivity index (χ4v) is 6.30. The normalized spacial score (nSPS) is 27.3. The van der Waals surface area contributed by atoms with E-state index in [9.17, 15) is 13.6 Å². The smallest absolute Gasteiger partial charge is 0.180 e. The first-order valence-corrected chi connectivity index (χ1v) is 12.6. The standard InChI is InChI=1S/2C14H15FO2/c15-10-6-4-5-9-11(10)17-14(13-12(9)16-13)7-2-1-3-8-14;15-11-6-4-5-10-9-12(16)14(17-13(10)11)7-2-1-3-8-14/h4-6,12-13H,1-3,7-8H2;4-6H,1-3,7-9H2. The molecule has 4 nitrogen and oxygen atoms in total.